The number of aliphatic hydroxyl groups excluding tert-OH is 3. The van der Waals surface area contributed by atoms with Crippen molar-refractivity contribution in [3.05, 3.63) is 48.6 Å². The zero-order chi connectivity index (χ0) is 48.2. The van der Waals surface area contributed by atoms with E-state index in [-0.39, 0.29) is 19.6 Å². The monoisotopic (exact) mass is 957 g/mol. The summed E-state index contributed by atoms with van der Waals surface area (Å²) < 4.78 is 59.2. The highest BCUT2D eigenvalue weighted by Gasteiger charge is 2.48. The van der Waals surface area contributed by atoms with Crippen LogP contribution < -0.4 is 0 Å². The van der Waals surface area contributed by atoms with Gasteiger partial charge in [-0.05, 0) is 77.0 Å². The van der Waals surface area contributed by atoms with Gasteiger partial charge in [-0.2, -0.15) is 8.42 Å². The lowest BCUT2D eigenvalue weighted by Crippen LogP contribution is -2.60. The third-order valence-electron chi connectivity index (χ3n) is 11.9. The number of esters is 1. The van der Waals surface area contributed by atoms with Crippen LogP contribution in [0.4, 0.5) is 0 Å². The molecule has 0 saturated carbocycles. The Morgan fingerprint density at radius 1 is 0.576 bits per heavy atom. The van der Waals surface area contributed by atoms with Gasteiger partial charge in [-0.1, -0.05) is 184 Å². The third kappa shape index (κ3) is 37.0. The van der Waals surface area contributed by atoms with Gasteiger partial charge in [-0.3, -0.25) is 9.35 Å². The molecule has 13 heteroatoms. The Balaban J connectivity index is 2.34. The molecular weight excluding hydrogens is 861 g/mol. The fourth-order valence-corrected chi connectivity index (χ4v) is 8.42. The summed E-state index contributed by atoms with van der Waals surface area (Å²) >= 11 is 0. The van der Waals surface area contributed by atoms with Gasteiger partial charge in [0.1, 0.15) is 30.5 Å². The largest absolute Gasteiger partial charge is 0.457 e. The Labute approximate surface area is 402 Å². The molecule has 0 radical (unpaired) electrons. The summed E-state index contributed by atoms with van der Waals surface area (Å²) in [5.74, 6) is -0.409. The van der Waals surface area contributed by atoms with E-state index in [0.29, 0.717) is 13.0 Å². The maximum Gasteiger partial charge on any atom is 0.397 e. The Morgan fingerprint density at radius 2 is 1.00 bits per heavy atom. The average molecular weight is 957 g/mol. The molecule has 1 saturated heterocycles. The lowest BCUT2D eigenvalue weighted by atomic mass is 9.99. The molecule has 0 bridgehead atoms. The predicted octanol–water partition coefficient (Wildman–Crippen LogP) is 12.3. The molecular formula is C53H96O12S. The smallest absolute Gasteiger partial charge is 0.397 e. The highest BCUT2D eigenvalue weighted by Crippen LogP contribution is 2.26. The van der Waals surface area contributed by atoms with Crippen LogP contribution in [0.25, 0.3) is 0 Å². The molecule has 4 N–H and O–H groups in total. The summed E-state index contributed by atoms with van der Waals surface area (Å²) in [6.45, 7) is 3.97. The van der Waals surface area contributed by atoms with E-state index < -0.39 is 59.8 Å². The van der Waals surface area contributed by atoms with Gasteiger partial charge >= 0.3 is 16.4 Å². The molecule has 0 amide bonds. The van der Waals surface area contributed by atoms with Crippen molar-refractivity contribution in [2.75, 3.05) is 26.4 Å². The number of carbonyl (C=O) groups excluding carboxylic acids is 1. The molecule has 0 aromatic heterocycles. The van der Waals surface area contributed by atoms with Crippen LogP contribution in [0, 0.1) is 0 Å². The van der Waals surface area contributed by atoms with Crippen LogP contribution in [0.15, 0.2) is 48.6 Å². The van der Waals surface area contributed by atoms with Crippen molar-refractivity contribution in [3.63, 3.8) is 0 Å². The maximum atomic E-state index is 12.9. The Kier molecular flexibility index (Phi) is 41.6. The van der Waals surface area contributed by atoms with Crippen molar-refractivity contribution in [3.8, 4) is 0 Å². The lowest BCUT2D eigenvalue weighted by Gasteiger charge is -2.41. The molecule has 1 rings (SSSR count). The first-order valence-electron chi connectivity index (χ1n) is 26.4. The number of hydrogen-bond donors (Lipinski definition) is 4. The normalized spacial score (nSPS) is 19.9. The zero-order valence-electron chi connectivity index (χ0n) is 41.5. The van der Waals surface area contributed by atoms with Crippen LogP contribution in [-0.4, -0.2) is 97.5 Å². The minimum Gasteiger partial charge on any atom is -0.457 e. The topological polar surface area (TPSA) is 178 Å². The summed E-state index contributed by atoms with van der Waals surface area (Å²) in [5.41, 5.74) is 0. The molecule has 1 aliphatic rings. The van der Waals surface area contributed by atoms with Crippen LogP contribution >= 0.6 is 0 Å². The van der Waals surface area contributed by atoms with Gasteiger partial charge in [0.25, 0.3) is 0 Å². The molecule has 1 aliphatic heterocycles. The summed E-state index contributed by atoms with van der Waals surface area (Å²) in [6, 6.07) is 0. The van der Waals surface area contributed by atoms with Crippen molar-refractivity contribution in [1.29, 1.82) is 0 Å². The van der Waals surface area contributed by atoms with E-state index in [2.05, 4.69) is 66.6 Å². The second-order valence-electron chi connectivity index (χ2n) is 18.1. The van der Waals surface area contributed by atoms with Crippen LogP contribution in [0.3, 0.4) is 0 Å². The van der Waals surface area contributed by atoms with Crippen molar-refractivity contribution in [1.82, 2.24) is 0 Å². The highest BCUT2D eigenvalue weighted by molar-refractivity contribution is 7.80. The summed E-state index contributed by atoms with van der Waals surface area (Å²) in [7, 11) is -5.07. The first kappa shape index (κ1) is 62.1. The van der Waals surface area contributed by atoms with Crippen LogP contribution in [-0.2, 0) is 38.3 Å². The van der Waals surface area contributed by atoms with Gasteiger partial charge in [0, 0.05) is 13.0 Å². The molecule has 66 heavy (non-hydrogen) atoms. The average Bonchev–Trinajstić information content (AvgIpc) is 3.29. The van der Waals surface area contributed by atoms with Gasteiger partial charge < -0.3 is 34.3 Å². The summed E-state index contributed by atoms with van der Waals surface area (Å²) in [6.07, 6.45) is 45.7. The van der Waals surface area contributed by atoms with Crippen LogP contribution in [0.1, 0.15) is 219 Å². The number of hydrogen-bond acceptors (Lipinski definition) is 11. The Bertz CT molecular complexity index is 1340. The zero-order valence-corrected chi connectivity index (χ0v) is 42.3. The SMILES string of the molecule is CCCCCCC/C=C\C/C=C\C/C=C\CCCCCCCCCCCOCC(COC1OC(CO)C(O)C(OS(=O)(=O)O)C1O)OC(=O)CCCCCCC/C=C\CCCCCCCC. The van der Waals surface area contributed by atoms with Crippen LogP contribution in [0.5, 0.6) is 0 Å². The van der Waals surface area contributed by atoms with Gasteiger partial charge in [-0.25, -0.2) is 4.18 Å². The highest BCUT2D eigenvalue weighted by atomic mass is 32.3. The predicted molar refractivity (Wildman–Crippen MR) is 266 cm³/mol. The molecule has 12 nitrogen and oxygen atoms in total. The quantitative estimate of drug-likeness (QED) is 0.0197. The fraction of sp³-hybridized carbons (Fsp3) is 0.830. The van der Waals surface area contributed by atoms with Crippen molar-refractivity contribution >= 4 is 16.4 Å². The number of carbonyl (C=O) groups is 1. The molecule has 1 fully saturated rings. The van der Waals surface area contributed by atoms with Crippen molar-refractivity contribution in [2.45, 2.75) is 256 Å². The van der Waals surface area contributed by atoms with E-state index >= 15 is 0 Å². The van der Waals surface area contributed by atoms with Gasteiger partial charge in [0.15, 0.2) is 6.29 Å². The van der Waals surface area contributed by atoms with Crippen LogP contribution in [0.2, 0.25) is 0 Å². The van der Waals surface area contributed by atoms with Gasteiger partial charge in [0.2, 0.25) is 0 Å². The minimum atomic E-state index is -5.07. The molecule has 0 spiro atoms. The second kappa shape index (κ2) is 44.3. The molecule has 0 aromatic rings. The third-order valence-corrected chi connectivity index (χ3v) is 12.4. The number of unbranched alkanes of at least 4 members (excludes halogenated alkanes) is 25. The van der Waals surface area contributed by atoms with Gasteiger partial charge in [0.05, 0.1) is 19.8 Å². The molecule has 0 aromatic carbocycles. The molecule has 386 valence electrons. The number of aliphatic hydroxyl groups is 3. The molecule has 6 atom stereocenters. The fourth-order valence-electron chi connectivity index (χ4n) is 7.91. The molecule has 6 unspecified atom stereocenters. The van der Waals surface area contributed by atoms with Crippen molar-refractivity contribution < 1.29 is 56.2 Å². The Morgan fingerprint density at radius 3 is 1.47 bits per heavy atom. The van der Waals surface area contributed by atoms with Crippen molar-refractivity contribution in [2.24, 2.45) is 0 Å². The second-order valence-corrected chi connectivity index (χ2v) is 19.2. The van der Waals surface area contributed by atoms with Gasteiger partial charge in [-0.15, -0.1) is 0 Å². The number of allylic oxidation sites excluding steroid dienone is 8. The van der Waals surface area contributed by atoms with E-state index in [1.807, 2.05) is 0 Å². The first-order valence-corrected chi connectivity index (χ1v) is 27.8. The van der Waals surface area contributed by atoms with E-state index in [9.17, 15) is 33.1 Å². The summed E-state index contributed by atoms with van der Waals surface area (Å²) in [4.78, 5) is 12.9. The minimum absolute atomic E-state index is 0.0285. The van der Waals surface area contributed by atoms with E-state index in [1.165, 1.54) is 116 Å². The van der Waals surface area contributed by atoms with E-state index in [0.717, 1.165) is 77.0 Å². The molecule has 1 heterocycles. The van der Waals surface area contributed by atoms with E-state index in [1.54, 1.807) is 0 Å². The summed E-state index contributed by atoms with van der Waals surface area (Å²) in [5, 5.41) is 30.8. The standard InChI is InChI=1S/C53H96O12S/c1-3-5-7-9-11-13-15-17-19-20-21-22-23-24-25-26-27-29-31-33-35-37-39-41-43-61-45-47(46-62-53-51(57)52(65-66(58,59)60)50(56)48(44-54)64-53)63-49(55)42-40-38-36-34-32-30-28-18-16-14-12-10-8-6-4-2/h15,17-18,20-21,23-24,28,47-48,50-54,56-57H,3-14,16,19,22,25-27,29-46H2,1-2H3,(H,58,59,60)/b17-15-,21-20-,24-23-,28-18-. The van der Waals surface area contributed by atoms with E-state index in [4.69, 9.17) is 18.9 Å². The lowest BCUT2D eigenvalue weighted by molar-refractivity contribution is -0.301. The number of rotatable bonds is 46. The Hall–Kier alpha value is -1.94. The number of ether oxygens (including phenoxy) is 4. The first-order chi connectivity index (χ1) is 32.1. The maximum absolute atomic E-state index is 12.9. The molecule has 0 aliphatic carbocycles.